The van der Waals surface area contributed by atoms with Crippen molar-refractivity contribution in [1.29, 1.82) is 0 Å². The summed E-state index contributed by atoms with van der Waals surface area (Å²) >= 11 is 0. The molecular weight excluding hydrogens is 424 g/mol. The van der Waals surface area contributed by atoms with Crippen LogP contribution in [0.4, 0.5) is 17.1 Å². The molecule has 3 heterocycles. The van der Waals surface area contributed by atoms with Crippen molar-refractivity contribution in [2.45, 2.75) is 25.7 Å². The van der Waals surface area contributed by atoms with Gasteiger partial charge >= 0.3 is 0 Å². The van der Waals surface area contributed by atoms with Crippen molar-refractivity contribution in [3.05, 3.63) is 130 Å². The fourth-order valence-corrected chi connectivity index (χ4v) is 7.24. The van der Waals surface area contributed by atoms with E-state index in [0.717, 1.165) is 25.7 Å². The molecule has 2 nitrogen and oxygen atoms in total. The van der Waals surface area contributed by atoms with Gasteiger partial charge in [0.25, 0.3) is 0 Å². The molecule has 0 saturated carbocycles. The summed E-state index contributed by atoms with van der Waals surface area (Å²) in [7, 11) is 0. The van der Waals surface area contributed by atoms with Crippen molar-refractivity contribution in [3.63, 3.8) is 0 Å². The van der Waals surface area contributed by atoms with Gasteiger partial charge in [0.15, 0.2) is 0 Å². The molecule has 0 fully saturated rings. The second kappa shape index (κ2) is 6.28. The molecule has 0 spiro atoms. The molecule has 0 unspecified atom stereocenters. The summed E-state index contributed by atoms with van der Waals surface area (Å²) in [5.41, 5.74) is 21.6. The zero-order valence-electron chi connectivity index (χ0n) is 19.3. The molecule has 0 atom stereocenters. The molecule has 0 amide bonds. The van der Waals surface area contributed by atoms with Crippen molar-refractivity contribution in [2.75, 3.05) is 4.90 Å². The van der Waals surface area contributed by atoms with Crippen molar-refractivity contribution < 1.29 is 0 Å². The first-order valence-corrected chi connectivity index (χ1v) is 12.6. The minimum absolute atomic E-state index is 0.956. The summed E-state index contributed by atoms with van der Waals surface area (Å²) in [6.45, 7) is 0. The number of para-hydroxylation sites is 1. The number of hydrogen-bond acceptors (Lipinski definition) is 2. The number of rotatable bonds is 0. The number of nitrogens with zero attached hydrogens (tertiary/aromatic N) is 2. The quantitative estimate of drug-likeness (QED) is 0.240. The lowest BCUT2D eigenvalue weighted by Gasteiger charge is -2.40. The molecule has 1 aromatic heterocycles. The van der Waals surface area contributed by atoms with Gasteiger partial charge in [-0.2, -0.15) is 0 Å². The van der Waals surface area contributed by atoms with Gasteiger partial charge in [0.1, 0.15) is 0 Å². The number of benzene rings is 4. The Morgan fingerprint density at radius 2 is 1.29 bits per heavy atom. The number of pyridine rings is 1. The van der Waals surface area contributed by atoms with Crippen LogP contribution < -0.4 is 4.90 Å². The third-order valence-corrected chi connectivity index (χ3v) is 8.63. The van der Waals surface area contributed by atoms with E-state index in [1.165, 1.54) is 72.7 Å². The fourth-order valence-electron chi connectivity index (χ4n) is 7.24. The molecule has 9 rings (SSSR count). The Morgan fingerprint density at radius 3 is 2.26 bits per heavy atom. The third kappa shape index (κ3) is 2.23. The maximum Gasteiger partial charge on any atom is 0.0539 e. The van der Waals surface area contributed by atoms with E-state index in [0.29, 0.717) is 0 Å². The zero-order valence-corrected chi connectivity index (χ0v) is 19.3. The monoisotopic (exact) mass is 446 g/mol. The van der Waals surface area contributed by atoms with Crippen LogP contribution in [0.25, 0.3) is 22.3 Å². The first kappa shape index (κ1) is 18.2. The van der Waals surface area contributed by atoms with Crippen molar-refractivity contribution in [2.24, 2.45) is 0 Å². The van der Waals surface area contributed by atoms with Gasteiger partial charge in [0.05, 0.1) is 11.4 Å². The standard InChI is InChI=1S/C33H22N2/c1-3-7-24-19(5-1)15-27-25(24)9-10-26-28(27)17-21-13-22-14-23-18-34-12-11-31(23)35-30-8-4-2-6-20(30)16-29(32(21)26)33(22)35/h1-13,18H,14-17H2. The first-order chi connectivity index (χ1) is 17.3. The molecule has 2 aliphatic heterocycles. The van der Waals surface area contributed by atoms with Gasteiger partial charge < -0.3 is 4.90 Å². The van der Waals surface area contributed by atoms with Gasteiger partial charge in [-0.15, -0.1) is 0 Å². The number of aromatic nitrogens is 1. The van der Waals surface area contributed by atoms with Crippen molar-refractivity contribution in [1.82, 2.24) is 4.98 Å². The molecule has 4 aliphatic rings. The van der Waals surface area contributed by atoms with E-state index in [2.05, 4.69) is 88.9 Å². The molecule has 5 aromatic rings. The highest BCUT2D eigenvalue weighted by atomic mass is 15.2. The SMILES string of the molecule is c1ccc2c(c1)Cc1c-2ccc2c1Cc1cc3c4c(c1-2)Cc1ccccc1N4c1ccncc1C3. The average molecular weight is 447 g/mol. The Balaban J connectivity index is 1.32. The zero-order chi connectivity index (χ0) is 22.7. The number of anilines is 3. The van der Waals surface area contributed by atoms with Gasteiger partial charge in [0.2, 0.25) is 0 Å². The Bertz CT molecular complexity index is 1750. The minimum Gasteiger partial charge on any atom is -0.309 e. The van der Waals surface area contributed by atoms with Crippen molar-refractivity contribution in [3.8, 4) is 22.3 Å². The normalized spacial score (nSPS) is 14.9. The minimum atomic E-state index is 0.956. The van der Waals surface area contributed by atoms with Crippen LogP contribution in [0.3, 0.4) is 0 Å². The van der Waals surface area contributed by atoms with Crippen LogP contribution in [0.2, 0.25) is 0 Å². The second-order valence-corrected chi connectivity index (χ2v) is 10.3. The molecule has 0 N–H and O–H groups in total. The topological polar surface area (TPSA) is 16.1 Å². The average Bonchev–Trinajstić information content (AvgIpc) is 3.46. The summed E-state index contributed by atoms with van der Waals surface area (Å²) in [5.74, 6) is 0. The Labute approximate surface area is 204 Å². The summed E-state index contributed by atoms with van der Waals surface area (Å²) in [4.78, 5) is 6.99. The van der Waals surface area contributed by atoms with Gasteiger partial charge in [-0.05, 0) is 91.7 Å². The molecular formula is C33H22N2. The van der Waals surface area contributed by atoms with Crippen LogP contribution in [0, 0.1) is 0 Å². The first-order valence-electron chi connectivity index (χ1n) is 12.6. The predicted octanol–water partition coefficient (Wildman–Crippen LogP) is 7.50. The molecule has 0 bridgehead atoms. The Hall–Kier alpha value is -4.17. The van der Waals surface area contributed by atoms with Crippen LogP contribution in [0.15, 0.2) is 85.2 Å². The number of fused-ring (bicyclic) bond motifs is 12. The second-order valence-electron chi connectivity index (χ2n) is 10.3. The molecule has 0 radical (unpaired) electrons. The molecule has 2 heteroatoms. The van der Waals surface area contributed by atoms with Crippen LogP contribution in [0.1, 0.15) is 44.5 Å². The fraction of sp³-hybridized carbons (Fsp3) is 0.121. The highest BCUT2D eigenvalue weighted by molar-refractivity contribution is 5.96. The smallest absolute Gasteiger partial charge is 0.0539 e. The van der Waals surface area contributed by atoms with Gasteiger partial charge in [-0.3, -0.25) is 4.98 Å². The van der Waals surface area contributed by atoms with Gasteiger partial charge in [-0.1, -0.05) is 60.7 Å². The largest absolute Gasteiger partial charge is 0.309 e. The predicted molar refractivity (Wildman–Crippen MR) is 141 cm³/mol. The molecule has 164 valence electrons. The highest BCUT2D eigenvalue weighted by Crippen LogP contribution is 2.56. The Morgan fingerprint density at radius 1 is 0.543 bits per heavy atom. The summed E-state index contributed by atoms with van der Waals surface area (Å²) in [5, 5.41) is 0. The highest BCUT2D eigenvalue weighted by Gasteiger charge is 2.37. The maximum absolute atomic E-state index is 4.47. The summed E-state index contributed by atoms with van der Waals surface area (Å²) in [6.07, 6.45) is 8.05. The van der Waals surface area contributed by atoms with Gasteiger partial charge in [-0.25, -0.2) is 0 Å². The number of hydrogen-bond donors (Lipinski definition) is 0. The van der Waals surface area contributed by atoms with Crippen LogP contribution in [0.5, 0.6) is 0 Å². The Kier molecular flexibility index (Phi) is 3.27. The lowest BCUT2D eigenvalue weighted by atomic mass is 9.82. The maximum atomic E-state index is 4.47. The molecule has 4 aromatic carbocycles. The third-order valence-electron chi connectivity index (χ3n) is 8.63. The summed E-state index contributed by atoms with van der Waals surface area (Å²) in [6, 6.07) is 27.4. The van der Waals surface area contributed by atoms with Crippen LogP contribution >= 0.6 is 0 Å². The van der Waals surface area contributed by atoms with Crippen molar-refractivity contribution >= 4 is 17.1 Å². The van der Waals surface area contributed by atoms with E-state index in [1.807, 2.05) is 6.20 Å². The molecule has 0 saturated heterocycles. The lowest BCUT2D eigenvalue weighted by Crippen LogP contribution is -2.25. The summed E-state index contributed by atoms with van der Waals surface area (Å²) < 4.78 is 0. The molecule has 2 aliphatic carbocycles. The van der Waals surface area contributed by atoms with E-state index in [1.54, 1.807) is 11.1 Å². The van der Waals surface area contributed by atoms with Gasteiger partial charge in [0, 0.05) is 30.9 Å². The van der Waals surface area contributed by atoms with E-state index < -0.39 is 0 Å². The van der Waals surface area contributed by atoms with Crippen LogP contribution in [-0.4, -0.2) is 4.98 Å². The lowest BCUT2D eigenvalue weighted by molar-refractivity contribution is 0.996. The molecule has 35 heavy (non-hydrogen) atoms. The van der Waals surface area contributed by atoms with E-state index in [9.17, 15) is 0 Å². The van der Waals surface area contributed by atoms with Crippen LogP contribution in [-0.2, 0) is 25.7 Å². The van der Waals surface area contributed by atoms with E-state index >= 15 is 0 Å². The van der Waals surface area contributed by atoms with E-state index in [-0.39, 0.29) is 0 Å². The van der Waals surface area contributed by atoms with E-state index in [4.69, 9.17) is 0 Å².